The molecule has 0 unspecified atom stereocenters. The van der Waals surface area contributed by atoms with Gasteiger partial charge in [-0.05, 0) is 37.9 Å². The van der Waals surface area contributed by atoms with Gasteiger partial charge < -0.3 is 5.73 Å². The molecule has 0 aliphatic heterocycles. The van der Waals surface area contributed by atoms with Gasteiger partial charge in [0, 0.05) is 4.47 Å². The Morgan fingerprint density at radius 1 is 1.42 bits per heavy atom. The Kier molecular flexibility index (Phi) is 3.00. The van der Waals surface area contributed by atoms with Crippen molar-refractivity contribution >= 4 is 37.5 Å². The molecule has 0 bridgehead atoms. The molecule has 2 nitrogen and oxygen atoms in total. The fourth-order valence-corrected chi connectivity index (χ4v) is 1.83. The van der Waals surface area contributed by atoms with Gasteiger partial charge in [-0.3, -0.25) is 0 Å². The number of alkyl halides is 2. The second-order valence-corrected chi connectivity index (χ2v) is 3.69. The molecule has 1 rings (SSSR count). The summed E-state index contributed by atoms with van der Waals surface area (Å²) in [6.07, 6.45) is -2.65. The second-order valence-electron chi connectivity index (χ2n) is 2.03. The number of pyridine rings is 1. The molecule has 0 amide bonds. The van der Waals surface area contributed by atoms with E-state index in [1.54, 1.807) is 0 Å². The van der Waals surface area contributed by atoms with E-state index in [1.807, 2.05) is 0 Å². The maximum atomic E-state index is 12.2. The van der Waals surface area contributed by atoms with Crippen molar-refractivity contribution in [3.8, 4) is 0 Å². The summed E-state index contributed by atoms with van der Waals surface area (Å²) < 4.78 is 25.2. The van der Waals surface area contributed by atoms with E-state index in [0.29, 0.717) is 9.08 Å². The number of anilines is 1. The molecule has 0 spiro atoms. The average Bonchev–Trinajstić information content (AvgIpc) is 1.96. The van der Waals surface area contributed by atoms with Gasteiger partial charge in [-0.1, -0.05) is 0 Å². The number of nitrogens with two attached hydrogens (primary N) is 1. The van der Waals surface area contributed by atoms with Crippen LogP contribution in [0.25, 0.3) is 0 Å². The van der Waals surface area contributed by atoms with Crippen molar-refractivity contribution in [2.24, 2.45) is 0 Å². The maximum Gasteiger partial charge on any atom is 0.282 e. The van der Waals surface area contributed by atoms with Gasteiger partial charge in [0.25, 0.3) is 6.43 Å². The van der Waals surface area contributed by atoms with Gasteiger partial charge in [0.1, 0.15) is 10.3 Å². The third kappa shape index (κ3) is 1.92. The summed E-state index contributed by atoms with van der Waals surface area (Å²) in [5, 5.41) is 0. The van der Waals surface area contributed by atoms with Crippen LogP contribution >= 0.6 is 31.9 Å². The summed E-state index contributed by atoms with van der Waals surface area (Å²) in [6.45, 7) is 0. The summed E-state index contributed by atoms with van der Waals surface area (Å²) in [5.41, 5.74) is 4.92. The standard InChI is InChI=1S/C6H4Br2F2N2/c7-2-1-3(8)12-5(4(2)11)6(9)10/h1,6H,11H2. The van der Waals surface area contributed by atoms with E-state index < -0.39 is 12.1 Å². The average molecular weight is 302 g/mol. The van der Waals surface area contributed by atoms with Crippen LogP contribution in [0.5, 0.6) is 0 Å². The molecule has 0 aliphatic carbocycles. The summed E-state index contributed by atoms with van der Waals surface area (Å²) >= 11 is 6.02. The van der Waals surface area contributed by atoms with Gasteiger partial charge in [-0.25, -0.2) is 13.8 Å². The number of hydrogen-bond acceptors (Lipinski definition) is 2. The third-order valence-corrected chi connectivity index (χ3v) is 2.28. The van der Waals surface area contributed by atoms with Crippen molar-refractivity contribution in [3.63, 3.8) is 0 Å². The Hall–Kier alpha value is -0.230. The number of nitrogens with zero attached hydrogens (tertiary/aromatic N) is 1. The highest BCUT2D eigenvalue weighted by atomic mass is 79.9. The lowest BCUT2D eigenvalue weighted by molar-refractivity contribution is 0.147. The van der Waals surface area contributed by atoms with E-state index >= 15 is 0 Å². The van der Waals surface area contributed by atoms with E-state index in [-0.39, 0.29) is 5.69 Å². The number of hydrogen-bond donors (Lipinski definition) is 1. The Balaban J connectivity index is 3.28. The minimum atomic E-state index is -2.65. The summed E-state index contributed by atoms with van der Waals surface area (Å²) in [7, 11) is 0. The van der Waals surface area contributed by atoms with Crippen molar-refractivity contribution < 1.29 is 8.78 Å². The van der Waals surface area contributed by atoms with Crippen LogP contribution in [0.4, 0.5) is 14.5 Å². The van der Waals surface area contributed by atoms with Crippen LogP contribution in [0.3, 0.4) is 0 Å². The van der Waals surface area contributed by atoms with Crippen LogP contribution < -0.4 is 5.73 Å². The minimum absolute atomic E-state index is 0.0202. The molecule has 0 atom stereocenters. The summed E-state index contributed by atoms with van der Waals surface area (Å²) in [6, 6.07) is 1.52. The van der Waals surface area contributed by atoms with Gasteiger partial charge in [-0.15, -0.1) is 0 Å². The molecular formula is C6H4Br2F2N2. The summed E-state index contributed by atoms with van der Waals surface area (Å²) in [5.74, 6) is 0. The second kappa shape index (κ2) is 3.66. The van der Waals surface area contributed by atoms with Gasteiger partial charge in [0.05, 0.1) is 5.69 Å². The molecule has 66 valence electrons. The van der Waals surface area contributed by atoms with Crippen LogP contribution in [-0.2, 0) is 0 Å². The smallest absolute Gasteiger partial charge is 0.282 e. The van der Waals surface area contributed by atoms with Crippen molar-refractivity contribution in [1.82, 2.24) is 4.98 Å². The first kappa shape index (κ1) is 9.85. The van der Waals surface area contributed by atoms with E-state index in [9.17, 15) is 8.78 Å². The first-order valence-corrected chi connectivity index (χ1v) is 4.50. The molecule has 1 aromatic rings. The monoisotopic (exact) mass is 300 g/mol. The highest BCUT2D eigenvalue weighted by molar-refractivity contribution is 9.11. The molecule has 0 aliphatic rings. The first-order chi connectivity index (χ1) is 5.52. The van der Waals surface area contributed by atoms with E-state index in [0.717, 1.165) is 0 Å². The molecule has 0 aromatic carbocycles. The lowest BCUT2D eigenvalue weighted by Crippen LogP contribution is -1.99. The Labute approximate surface area is 84.4 Å². The van der Waals surface area contributed by atoms with Gasteiger partial charge in [-0.2, -0.15) is 0 Å². The van der Waals surface area contributed by atoms with Crippen LogP contribution in [0.15, 0.2) is 15.1 Å². The zero-order valence-electron chi connectivity index (χ0n) is 5.69. The third-order valence-electron chi connectivity index (χ3n) is 1.21. The SMILES string of the molecule is Nc1c(Br)cc(Br)nc1C(F)F. The van der Waals surface area contributed by atoms with E-state index in [4.69, 9.17) is 5.73 Å². The predicted molar refractivity (Wildman–Crippen MR) is 49.0 cm³/mol. The zero-order chi connectivity index (χ0) is 9.30. The lowest BCUT2D eigenvalue weighted by atomic mass is 10.3. The van der Waals surface area contributed by atoms with Crippen molar-refractivity contribution in [2.45, 2.75) is 6.43 Å². The Morgan fingerprint density at radius 3 is 2.50 bits per heavy atom. The largest absolute Gasteiger partial charge is 0.396 e. The van der Waals surface area contributed by atoms with Crippen LogP contribution in [0.2, 0.25) is 0 Å². The van der Waals surface area contributed by atoms with Crippen molar-refractivity contribution in [3.05, 3.63) is 20.8 Å². The van der Waals surface area contributed by atoms with E-state index in [1.165, 1.54) is 6.07 Å². The molecular weight excluding hydrogens is 298 g/mol. The van der Waals surface area contributed by atoms with Crippen LogP contribution in [0, 0.1) is 0 Å². The first-order valence-electron chi connectivity index (χ1n) is 2.92. The molecule has 2 N–H and O–H groups in total. The Morgan fingerprint density at radius 2 is 2.00 bits per heavy atom. The maximum absolute atomic E-state index is 12.2. The Bertz CT molecular complexity index is 304. The van der Waals surface area contributed by atoms with Gasteiger partial charge in [0.15, 0.2) is 0 Å². The van der Waals surface area contributed by atoms with Gasteiger partial charge in [0.2, 0.25) is 0 Å². The molecule has 0 fully saturated rings. The van der Waals surface area contributed by atoms with Crippen LogP contribution in [-0.4, -0.2) is 4.98 Å². The quantitative estimate of drug-likeness (QED) is 0.810. The fourth-order valence-electron chi connectivity index (χ4n) is 0.679. The minimum Gasteiger partial charge on any atom is -0.396 e. The number of nitrogen functional groups attached to an aromatic ring is 1. The highest BCUT2D eigenvalue weighted by Crippen LogP contribution is 2.31. The zero-order valence-corrected chi connectivity index (χ0v) is 8.86. The topological polar surface area (TPSA) is 38.9 Å². The molecule has 1 heterocycles. The predicted octanol–water partition coefficient (Wildman–Crippen LogP) is 3.13. The van der Waals surface area contributed by atoms with Crippen LogP contribution in [0.1, 0.15) is 12.1 Å². The van der Waals surface area contributed by atoms with Crippen molar-refractivity contribution in [2.75, 3.05) is 5.73 Å². The number of halogens is 4. The normalized spacial score (nSPS) is 10.8. The number of rotatable bonds is 1. The van der Waals surface area contributed by atoms with Crippen molar-refractivity contribution in [1.29, 1.82) is 0 Å². The summed E-state index contributed by atoms with van der Waals surface area (Å²) in [4.78, 5) is 3.54. The molecule has 6 heteroatoms. The molecule has 1 aromatic heterocycles. The number of aromatic nitrogens is 1. The highest BCUT2D eigenvalue weighted by Gasteiger charge is 2.15. The van der Waals surface area contributed by atoms with Gasteiger partial charge >= 0.3 is 0 Å². The molecule has 12 heavy (non-hydrogen) atoms. The lowest BCUT2D eigenvalue weighted by Gasteiger charge is -2.05. The van der Waals surface area contributed by atoms with E-state index in [2.05, 4.69) is 36.8 Å². The molecule has 0 radical (unpaired) electrons. The molecule has 0 saturated heterocycles. The molecule has 0 saturated carbocycles. The fraction of sp³-hybridized carbons (Fsp3) is 0.167.